The predicted octanol–water partition coefficient (Wildman–Crippen LogP) is 5.52. The van der Waals surface area contributed by atoms with Crippen molar-refractivity contribution >= 4 is 67.0 Å². The van der Waals surface area contributed by atoms with Crippen LogP contribution < -0.4 is 11.1 Å². The van der Waals surface area contributed by atoms with Crippen molar-refractivity contribution in [3.63, 3.8) is 0 Å². The molecule has 8 heteroatoms. The maximum Gasteiger partial charge on any atom is 0.187 e. The predicted molar refractivity (Wildman–Crippen MR) is 111 cm³/mol. The van der Waals surface area contributed by atoms with Gasteiger partial charge in [-0.1, -0.05) is 34.1 Å². The van der Waals surface area contributed by atoms with Crippen molar-refractivity contribution in [1.82, 2.24) is 4.98 Å². The number of hydrogen-bond acceptors (Lipinski definition) is 6. The van der Waals surface area contributed by atoms with Gasteiger partial charge in [0.05, 0.1) is 14.8 Å². The summed E-state index contributed by atoms with van der Waals surface area (Å²) in [5, 5.41) is 14.7. The van der Waals surface area contributed by atoms with Crippen LogP contribution in [0.2, 0.25) is 0 Å². The number of thioether (sulfide) groups is 1. The maximum absolute atomic E-state index is 7.63. The summed E-state index contributed by atoms with van der Waals surface area (Å²) in [5.74, 6) is 0.0985. The molecule has 0 aliphatic rings. The van der Waals surface area contributed by atoms with Crippen LogP contribution in [0.3, 0.4) is 0 Å². The van der Waals surface area contributed by atoms with E-state index in [0.717, 1.165) is 36.5 Å². The maximum atomic E-state index is 7.63. The van der Waals surface area contributed by atoms with Crippen LogP contribution in [0.1, 0.15) is 10.4 Å². The van der Waals surface area contributed by atoms with Gasteiger partial charge in [0.1, 0.15) is 5.84 Å². The smallest absolute Gasteiger partial charge is 0.187 e. The number of nitrogens with zero attached hydrogens (tertiary/aromatic N) is 1. The SMILES string of the molecule is CSc1sc(C(=N)N)cc1-c1csc(Nc2ccccc2CBr)n1. The monoisotopic (exact) mass is 438 g/mol. The van der Waals surface area contributed by atoms with Gasteiger partial charge in [-0.05, 0) is 24.0 Å². The molecule has 3 aromatic rings. The van der Waals surface area contributed by atoms with Crippen LogP contribution in [-0.4, -0.2) is 17.1 Å². The van der Waals surface area contributed by atoms with E-state index in [1.165, 1.54) is 16.9 Å². The van der Waals surface area contributed by atoms with Gasteiger partial charge in [0, 0.05) is 22.0 Å². The van der Waals surface area contributed by atoms with Crippen LogP contribution in [0.5, 0.6) is 0 Å². The summed E-state index contributed by atoms with van der Waals surface area (Å²) in [7, 11) is 0. The Labute approximate surface area is 161 Å². The summed E-state index contributed by atoms with van der Waals surface area (Å²) in [6.45, 7) is 0. The second-order valence-corrected chi connectivity index (χ2v) is 8.43. The Morgan fingerprint density at radius 1 is 1.42 bits per heavy atom. The Kier molecular flexibility index (Phi) is 5.60. The highest BCUT2D eigenvalue weighted by Crippen LogP contribution is 2.39. The molecule has 0 atom stereocenters. The Hall–Kier alpha value is -1.35. The number of anilines is 2. The van der Waals surface area contributed by atoms with Gasteiger partial charge in [-0.3, -0.25) is 5.41 Å². The van der Waals surface area contributed by atoms with E-state index in [0.29, 0.717) is 0 Å². The molecule has 0 spiro atoms. The highest BCUT2D eigenvalue weighted by Gasteiger charge is 2.15. The van der Waals surface area contributed by atoms with Crippen molar-refractivity contribution in [2.24, 2.45) is 5.73 Å². The number of rotatable bonds is 6. The van der Waals surface area contributed by atoms with Crippen molar-refractivity contribution in [3.8, 4) is 11.3 Å². The Bertz CT molecular complexity index is 872. The van der Waals surface area contributed by atoms with Crippen LogP contribution in [0.25, 0.3) is 11.3 Å². The van der Waals surface area contributed by atoms with E-state index >= 15 is 0 Å². The highest BCUT2D eigenvalue weighted by atomic mass is 79.9. The zero-order valence-electron chi connectivity index (χ0n) is 12.8. The number of thiazole rings is 1. The second-order valence-electron chi connectivity index (χ2n) is 4.88. The molecule has 2 aromatic heterocycles. The third-order valence-corrected chi connectivity index (χ3v) is 7.00. The molecule has 0 aliphatic heterocycles. The van der Waals surface area contributed by atoms with Gasteiger partial charge >= 0.3 is 0 Å². The minimum atomic E-state index is 0.0985. The van der Waals surface area contributed by atoms with Crippen molar-refractivity contribution in [2.45, 2.75) is 9.54 Å². The van der Waals surface area contributed by atoms with Crippen molar-refractivity contribution in [1.29, 1.82) is 5.41 Å². The summed E-state index contributed by atoms with van der Waals surface area (Å²) in [5.41, 5.74) is 9.80. The average molecular weight is 439 g/mol. The van der Waals surface area contributed by atoms with Crippen LogP contribution >= 0.6 is 50.4 Å². The molecule has 0 radical (unpaired) electrons. The van der Waals surface area contributed by atoms with Gasteiger partial charge in [-0.2, -0.15) is 0 Å². The van der Waals surface area contributed by atoms with Gasteiger partial charge in [0.25, 0.3) is 0 Å². The fraction of sp³-hybridized carbons (Fsp3) is 0.125. The van der Waals surface area contributed by atoms with Gasteiger partial charge in [-0.25, -0.2) is 4.98 Å². The van der Waals surface area contributed by atoms with Crippen LogP contribution in [0.15, 0.2) is 39.9 Å². The second kappa shape index (κ2) is 7.69. The number of para-hydroxylation sites is 1. The number of nitrogens with one attached hydrogen (secondary N) is 2. The zero-order valence-corrected chi connectivity index (χ0v) is 16.8. The summed E-state index contributed by atoms with van der Waals surface area (Å²) in [6.07, 6.45) is 2.02. The molecule has 24 heavy (non-hydrogen) atoms. The minimum absolute atomic E-state index is 0.0985. The lowest BCUT2D eigenvalue weighted by Gasteiger charge is -2.07. The number of aromatic nitrogens is 1. The summed E-state index contributed by atoms with van der Waals surface area (Å²) >= 11 is 8.26. The van der Waals surface area contributed by atoms with E-state index in [1.807, 2.05) is 35.9 Å². The molecule has 0 fully saturated rings. The lowest BCUT2D eigenvalue weighted by Crippen LogP contribution is -2.08. The number of halogens is 1. The third kappa shape index (κ3) is 3.66. The van der Waals surface area contributed by atoms with E-state index in [1.54, 1.807) is 23.1 Å². The minimum Gasteiger partial charge on any atom is -0.383 e. The topological polar surface area (TPSA) is 74.8 Å². The van der Waals surface area contributed by atoms with Crippen LogP contribution in [-0.2, 0) is 5.33 Å². The first-order valence-corrected chi connectivity index (χ1v) is 11.1. The molecule has 124 valence electrons. The largest absolute Gasteiger partial charge is 0.383 e. The van der Waals surface area contributed by atoms with Gasteiger partial charge in [0.15, 0.2) is 5.13 Å². The fourth-order valence-electron chi connectivity index (χ4n) is 2.17. The molecular formula is C16H15BrN4S3. The standard InChI is InChI=1S/C16H15BrN4S3/c1-22-15-10(6-13(24-15)14(18)19)12-8-23-16(21-12)20-11-5-3-2-4-9(11)7-17/h2-6,8H,7H2,1H3,(H3,18,19)(H,20,21). The van der Waals surface area contributed by atoms with E-state index in [4.69, 9.17) is 16.1 Å². The summed E-state index contributed by atoms with van der Waals surface area (Å²) < 4.78 is 1.12. The molecule has 0 saturated heterocycles. The number of hydrogen-bond donors (Lipinski definition) is 3. The number of amidine groups is 1. The lowest BCUT2D eigenvalue weighted by atomic mass is 10.2. The molecule has 0 aliphatic carbocycles. The van der Waals surface area contributed by atoms with E-state index in [9.17, 15) is 0 Å². The average Bonchev–Trinajstić information content (AvgIpc) is 3.21. The number of nitrogens with two attached hydrogens (primary N) is 1. The molecular weight excluding hydrogens is 424 g/mol. The Morgan fingerprint density at radius 3 is 2.92 bits per heavy atom. The number of thiophene rings is 1. The van der Waals surface area contributed by atoms with E-state index < -0.39 is 0 Å². The van der Waals surface area contributed by atoms with Crippen molar-refractivity contribution in [3.05, 3.63) is 46.2 Å². The first kappa shape index (κ1) is 17.5. The molecule has 4 nitrogen and oxygen atoms in total. The molecule has 0 bridgehead atoms. The molecule has 0 saturated carbocycles. The summed E-state index contributed by atoms with van der Waals surface area (Å²) in [4.78, 5) is 5.49. The van der Waals surface area contributed by atoms with Crippen LogP contribution in [0, 0.1) is 5.41 Å². The van der Waals surface area contributed by atoms with Crippen molar-refractivity contribution in [2.75, 3.05) is 11.6 Å². The molecule has 0 unspecified atom stereocenters. The van der Waals surface area contributed by atoms with Crippen molar-refractivity contribution < 1.29 is 0 Å². The Balaban J connectivity index is 1.90. The third-order valence-electron chi connectivity index (χ3n) is 3.33. The summed E-state index contributed by atoms with van der Waals surface area (Å²) in [6, 6.07) is 10.1. The Morgan fingerprint density at radius 2 is 2.21 bits per heavy atom. The molecule has 0 amide bonds. The quantitative estimate of drug-likeness (QED) is 0.205. The van der Waals surface area contributed by atoms with Gasteiger partial charge in [-0.15, -0.1) is 34.4 Å². The molecule has 3 rings (SSSR count). The lowest BCUT2D eigenvalue weighted by molar-refractivity contribution is 1.35. The first-order chi connectivity index (χ1) is 11.6. The number of benzene rings is 1. The number of nitrogen functional groups attached to an aromatic ring is 1. The molecule has 2 heterocycles. The zero-order chi connectivity index (χ0) is 17.1. The molecule has 1 aromatic carbocycles. The van der Waals surface area contributed by atoms with E-state index in [-0.39, 0.29) is 5.84 Å². The van der Waals surface area contributed by atoms with Crippen LogP contribution in [0.4, 0.5) is 10.8 Å². The first-order valence-electron chi connectivity index (χ1n) is 7.01. The number of alkyl halides is 1. The fourth-order valence-corrected chi connectivity index (χ4v) is 5.12. The molecule has 4 N–H and O–H groups in total. The van der Waals surface area contributed by atoms with Gasteiger partial charge in [0.2, 0.25) is 0 Å². The normalized spacial score (nSPS) is 10.8. The highest BCUT2D eigenvalue weighted by molar-refractivity contribution is 9.08. The van der Waals surface area contributed by atoms with E-state index in [2.05, 4.69) is 27.3 Å². The van der Waals surface area contributed by atoms with Gasteiger partial charge < -0.3 is 11.1 Å².